The summed E-state index contributed by atoms with van der Waals surface area (Å²) >= 11 is 0. The lowest BCUT2D eigenvalue weighted by Gasteiger charge is -2.10. The Labute approximate surface area is 143 Å². The minimum atomic E-state index is -0.499. The molecule has 0 aliphatic heterocycles. The van der Waals surface area contributed by atoms with Crippen LogP contribution in [0.25, 0.3) is 33.4 Å². The van der Waals surface area contributed by atoms with E-state index in [0.717, 1.165) is 22.0 Å². The number of nitrogens with zero attached hydrogens (tertiary/aromatic N) is 4. The van der Waals surface area contributed by atoms with Gasteiger partial charge in [-0.15, -0.1) is 0 Å². The number of aromatic nitrogens is 4. The van der Waals surface area contributed by atoms with Crippen molar-refractivity contribution in [1.82, 2.24) is 19.9 Å². The lowest BCUT2D eigenvalue weighted by Crippen LogP contribution is -1.99. The van der Waals surface area contributed by atoms with E-state index < -0.39 is 5.95 Å². The number of benzene rings is 1. The van der Waals surface area contributed by atoms with Crippen molar-refractivity contribution in [3.8, 4) is 22.5 Å². The fourth-order valence-corrected chi connectivity index (χ4v) is 2.71. The molecule has 1 aromatic carbocycles. The maximum atomic E-state index is 14.0. The van der Waals surface area contributed by atoms with Crippen molar-refractivity contribution < 1.29 is 4.39 Å². The molecule has 3 heterocycles. The van der Waals surface area contributed by atoms with E-state index in [0.29, 0.717) is 17.2 Å². The van der Waals surface area contributed by atoms with E-state index in [9.17, 15) is 4.39 Å². The standard InChI is InChI=1S/C19H14FN5/c1-21-19-15-10-12(14-5-3-9-23-17(14)20)6-7-16(15)24-18(25-19)13-4-2-8-22-11-13/h2-11H,1H3,(H,21,24,25). The van der Waals surface area contributed by atoms with Crippen molar-refractivity contribution in [2.45, 2.75) is 0 Å². The van der Waals surface area contributed by atoms with Crippen molar-refractivity contribution in [3.63, 3.8) is 0 Å². The summed E-state index contributed by atoms with van der Waals surface area (Å²) in [5.41, 5.74) is 2.78. The minimum Gasteiger partial charge on any atom is -0.373 e. The molecule has 0 spiro atoms. The molecule has 3 aromatic heterocycles. The number of anilines is 1. The zero-order valence-electron chi connectivity index (χ0n) is 13.4. The Kier molecular flexibility index (Phi) is 3.78. The number of hydrogen-bond donors (Lipinski definition) is 1. The minimum absolute atomic E-state index is 0.447. The van der Waals surface area contributed by atoms with Crippen LogP contribution in [-0.2, 0) is 0 Å². The summed E-state index contributed by atoms with van der Waals surface area (Å²) < 4.78 is 14.0. The lowest BCUT2D eigenvalue weighted by molar-refractivity contribution is 0.587. The first-order chi connectivity index (χ1) is 12.3. The molecule has 0 radical (unpaired) electrons. The Morgan fingerprint density at radius 3 is 2.60 bits per heavy atom. The maximum absolute atomic E-state index is 14.0. The highest BCUT2D eigenvalue weighted by molar-refractivity contribution is 5.93. The van der Waals surface area contributed by atoms with Gasteiger partial charge in [0.25, 0.3) is 0 Å². The fourth-order valence-electron chi connectivity index (χ4n) is 2.71. The van der Waals surface area contributed by atoms with Gasteiger partial charge in [-0.3, -0.25) is 4.98 Å². The molecule has 122 valence electrons. The number of fused-ring (bicyclic) bond motifs is 1. The topological polar surface area (TPSA) is 63.6 Å². The highest BCUT2D eigenvalue weighted by atomic mass is 19.1. The molecule has 25 heavy (non-hydrogen) atoms. The van der Waals surface area contributed by atoms with Crippen LogP contribution in [0.1, 0.15) is 0 Å². The molecule has 0 saturated heterocycles. The van der Waals surface area contributed by atoms with Gasteiger partial charge in [-0.2, -0.15) is 4.39 Å². The Bertz CT molecular complexity index is 1050. The van der Waals surface area contributed by atoms with Gasteiger partial charge in [0, 0.05) is 42.2 Å². The summed E-state index contributed by atoms with van der Waals surface area (Å²) in [7, 11) is 1.80. The van der Waals surface area contributed by atoms with E-state index in [4.69, 9.17) is 0 Å². The molecule has 1 N–H and O–H groups in total. The average Bonchev–Trinajstić information content (AvgIpc) is 2.68. The summed E-state index contributed by atoms with van der Waals surface area (Å²) in [5.74, 6) is 0.765. The van der Waals surface area contributed by atoms with E-state index in [1.807, 2.05) is 30.3 Å². The molecule has 5 nitrogen and oxygen atoms in total. The number of halogens is 1. The molecule has 0 saturated carbocycles. The van der Waals surface area contributed by atoms with Gasteiger partial charge < -0.3 is 5.32 Å². The van der Waals surface area contributed by atoms with Crippen LogP contribution < -0.4 is 5.32 Å². The first kappa shape index (κ1) is 15.1. The van der Waals surface area contributed by atoms with E-state index in [2.05, 4.69) is 25.3 Å². The van der Waals surface area contributed by atoms with Crippen LogP contribution in [0.3, 0.4) is 0 Å². The summed E-state index contributed by atoms with van der Waals surface area (Å²) in [5, 5.41) is 3.91. The largest absolute Gasteiger partial charge is 0.373 e. The second kappa shape index (κ2) is 6.24. The monoisotopic (exact) mass is 331 g/mol. The first-order valence-electron chi connectivity index (χ1n) is 7.77. The van der Waals surface area contributed by atoms with Crippen LogP contribution in [0.15, 0.2) is 61.1 Å². The first-order valence-corrected chi connectivity index (χ1v) is 7.77. The molecule has 4 rings (SSSR count). The lowest BCUT2D eigenvalue weighted by atomic mass is 10.0. The van der Waals surface area contributed by atoms with Crippen molar-refractivity contribution >= 4 is 16.7 Å². The smallest absolute Gasteiger partial charge is 0.220 e. The van der Waals surface area contributed by atoms with E-state index in [1.54, 1.807) is 31.6 Å². The van der Waals surface area contributed by atoms with Crippen LogP contribution >= 0.6 is 0 Å². The van der Waals surface area contributed by atoms with Gasteiger partial charge in [0.1, 0.15) is 5.82 Å². The number of pyridine rings is 2. The molecule has 0 aliphatic carbocycles. The van der Waals surface area contributed by atoms with Gasteiger partial charge in [-0.1, -0.05) is 6.07 Å². The van der Waals surface area contributed by atoms with Crippen LogP contribution in [0.5, 0.6) is 0 Å². The number of nitrogens with one attached hydrogen (secondary N) is 1. The maximum Gasteiger partial charge on any atom is 0.220 e. The quantitative estimate of drug-likeness (QED) is 0.576. The van der Waals surface area contributed by atoms with Gasteiger partial charge in [0.15, 0.2) is 5.82 Å². The molecule has 6 heteroatoms. The van der Waals surface area contributed by atoms with E-state index in [-0.39, 0.29) is 0 Å². The van der Waals surface area contributed by atoms with E-state index in [1.165, 1.54) is 6.20 Å². The fraction of sp³-hybridized carbons (Fsp3) is 0.0526. The van der Waals surface area contributed by atoms with Crippen LogP contribution in [-0.4, -0.2) is 27.0 Å². The molecule has 0 fully saturated rings. The highest BCUT2D eigenvalue weighted by Gasteiger charge is 2.12. The van der Waals surface area contributed by atoms with Crippen molar-refractivity contribution in [2.24, 2.45) is 0 Å². The zero-order valence-corrected chi connectivity index (χ0v) is 13.4. The summed E-state index contributed by atoms with van der Waals surface area (Å²) in [4.78, 5) is 17.0. The zero-order chi connectivity index (χ0) is 17.2. The Morgan fingerprint density at radius 1 is 0.960 bits per heavy atom. The molecule has 0 atom stereocenters. The third-order valence-corrected chi connectivity index (χ3v) is 3.92. The van der Waals surface area contributed by atoms with Crippen LogP contribution in [0.2, 0.25) is 0 Å². The van der Waals surface area contributed by atoms with Gasteiger partial charge in [-0.05, 0) is 42.0 Å². The van der Waals surface area contributed by atoms with Gasteiger partial charge in [0.05, 0.1) is 5.52 Å². The molecule has 0 amide bonds. The summed E-state index contributed by atoms with van der Waals surface area (Å²) in [6.45, 7) is 0. The summed E-state index contributed by atoms with van der Waals surface area (Å²) in [6.07, 6.45) is 4.86. The highest BCUT2D eigenvalue weighted by Crippen LogP contribution is 2.29. The normalized spacial score (nSPS) is 10.8. The molecular formula is C19H14FN5. The predicted molar refractivity (Wildman–Crippen MR) is 95.5 cm³/mol. The van der Waals surface area contributed by atoms with Crippen molar-refractivity contribution in [2.75, 3.05) is 12.4 Å². The van der Waals surface area contributed by atoms with Gasteiger partial charge in [0.2, 0.25) is 5.95 Å². The average molecular weight is 331 g/mol. The third kappa shape index (κ3) is 2.78. The third-order valence-electron chi connectivity index (χ3n) is 3.92. The van der Waals surface area contributed by atoms with Crippen LogP contribution in [0.4, 0.5) is 10.2 Å². The van der Waals surface area contributed by atoms with Gasteiger partial charge in [-0.25, -0.2) is 15.0 Å². The Balaban J connectivity index is 1.90. The van der Waals surface area contributed by atoms with Crippen molar-refractivity contribution in [1.29, 1.82) is 0 Å². The van der Waals surface area contributed by atoms with Crippen molar-refractivity contribution in [3.05, 3.63) is 67.0 Å². The Hall–Kier alpha value is -3.41. The molecule has 4 aromatic rings. The van der Waals surface area contributed by atoms with E-state index >= 15 is 0 Å². The number of rotatable bonds is 3. The second-order valence-electron chi connectivity index (χ2n) is 5.46. The second-order valence-corrected chi connectivity index (χ2v) is 5.46. The number of hydrogen-bond acceptors (Lipinski definition) is 5. The SMILES string of the molecule is CNc1nc(-c2cccnc2)nc2ccc(-c3cccnc3F)cc12. The molecule has 0 unspecified atom stereocenters. The Morgan fingerprint density at radius 2 is 1.84 bits per heavy atom. The molecular weight excluding hydrogens is 317 g/mol. The summed E-state index contributed by atoms with van der Waals surface area (Å²) in [6, 6.07) is 12.7. The molecule has 0 aliphatic rings. The molecule has 0 bridgehead atoms. The predicted octanol–water partition coefficient (Wildman–Crippen LogP) is 3.93. The van der Waals surface area contributed by atoms with Gasteiger partial charge >= 0.3 is 0 Å². The van der Waals surface area contributed by atoms with Crippen LogP contribution in [0, 0.1) is 5.95 Å².